The normalized spacial score (nSPS) is 28.4. The quantitative estimate of drug-likeness (QED) is 0.686. The van der Waals surface area contributed by atoms with Gasteiger partial charge in [-0.25, -0.2) is 0 Å². The summed E-state index contributed by atoms with van der Waals surface area (Å²) in [6.45, 7) is -0.794. The second-order valence-corrected chi connectivity index (χ2v) is 3.13. The number of rotatable bonds is 1. The van der Waals surface area contributed by atoms with Crippen LogP contribution in [0.3, 0.4) is 0 Å². The van der Waals surface area contributed by atoms with Gasteiger partial charge in [0.1, 0.15) is 0 Å². The first-order valence-corrected chi connectivity index (χ1v) is 3.58. The lowest BCUT2D eigenvalue weighted by Crippen LogP contribution is -2.28. The summed E-state index contributed by atoms with van der Waals surface area (Å²) >= 11 is 0. The Hall–Kier alpha value is 0.660. The van der Waals surface area contributed by atoms with Crippen LogP contribution in [0.1, 0.15) is 43.6 Å². The molecule has 0 heterocycles. The van der Waals surface area contributed by atoms with Gasteiger partial charge in [0, 0.05) is 4.11 Å². The third-order valence-electron chi connectivity index (χ3n) is 2.15. The maximum atomic E-state index is 9.79. The average molecular weight is 199 g/mol. The Labute approximate surface area is 87.7 Å². The molecule has 0 saturated heterocycles. The van der Waals surface area contributed by atoms with Crippen molar-refractivity contribution >= 4 is 27.0 Å². The fraction of sp³-hybridized carbons (Fsp3) is 1.00. The highest BCUT2D eigenvalue weighted by molar-refractivity contribution is 7.59. The summed E-state index contributed by atoms with van der Waals surface area (Å²) in [5, 5.41) is 9.79. The summed E-state index contributed by atoms with van der Waals surface area (Å²) in [4.78, 5) is 0. The van der Waals surface area contributed by atoms with Crippen molar-refractivity contribution in [3.63, 3.8) is 0 Å². The minimum atomic E-state index is -2.23. The molecule has 0 spiro atoms. The lowest BCUT2D eigenvalue weighted by Gasteiger charge is -2.24. The van der Waals surface area contributed by atoms with Crippen molar-refractivity contribution in [1.82, 2.24) is 0 Å². The van der Waals surface area contributed by atoms with Crippen LogP contribution < -0.4 is 0 Å². The van der Waals surface area contributed by atoms with E-state index in [2.05, 4.69) is 0 Å². The Morgan fingerprint density at radius 2 is 1.82 bits per heavy atom. The van der Waals surface area contributed by atoms with E-state index < -0.39 is 12.5 Å². The van der Waals surface area contributed by atoms with E-state index in [1.807, 2.05) is 0 Å². The van der Waals surface area contributed by atoms with Crippen LogP contribution in [0.25, 0.3) is 0 Å². The van der Waals surface area contributed by atoms with Crippen molar-refractivity contribution in [2.45, 2.75) is 45.1 Å². The maximum absolute atomic E-state index is 9.79. The summed E-state index contributed by atoms with van der Waals surface area (Å²) in [5.41, 5.74) is -1.48. The molecule has 0 aliphatic heterocycles. The van der Waals surface area contributed by atoms with Crippen LogP contribution in [0, 0.1) is 5.92 Å². The van der Waals surface area contributed by atoms with Gasteiger partial charge in [0.15, 0.2) is 0 Å². The minimum Gasteiger partial charge on any atom is -0.390 e. The van der Waals surface area contributed by atoms with Crippen LogP contribution in [0.5, 0.6) is 0 Å². The molecule has 70 valence electrons. The molecule has 1 nitrogen and oxygen atoms in total. The Kier molecular flexibility index (Phi) is 4.01. The zero-order valence-corrected chi connectivity index (χ0v) is 8.85. The van der Waals surface area contributed by atoms with Crippen molar-refractivity contribution < 1.29 is 9.22 Å². The van der Waals surface area contributed by atoms with Crippen molar-refractivity contribution in [2.24, 2.45) is 5.92 Å². The molecule has 0 aromatic rings. The summed E-state index contributed by atoms with van der Waals surface area (Å²) < 4.78 is 21.5. The Morgan fingerprint density at radius 3 is 2.18 bits per heavy atom. The first-order chi connectivity index (χ1) is 5.36. The van der Waals surface area contributed by atoms with E-state index >= 15 is 0 Å². The van der Waals surface area contributed by atoms with Gasteiger partial charge in [0.2, 0.25) is 0 Å². The number of aliphatic hydroxyl groups is 1. The smallest absolute Gasteiger partial charge is 0.0619 e. The third-order valence-corrected chi connectivity index (χ3v) is 2.15. The summed E-state index contributed by atoms with van der Waals surface area (Å²) in [5.74, 6) is -0.0370. The lowest BCUT2D eigenvalue weighted by atomic mass is 9.90. The molecule has 1 saturated carbocycles. The monoisotopic (exact) mass is 199 g/mol. The molecule has 0 aromatic carbocycles. The van der Waals surface area contributed by atoms with Gasteiger partial charge in [-0.05, 0) is 32.5 Å². The first kappa shape index (κ1) is 8.27. The van der Waals surface area contributed by atoms with E-state index in [4.69, 9.17) is 4.11 Å². The van der Waals surface area contributed by atoms with Crippen LogP contribution in [-0.2, 0) is 0 Å². The molecule has 0 radical (unpaired) electrons. The van der Waals surface area contributed by atoms with Gasteiger partial charge in [0.05, 0.1) is 5.60 Å². The van der Waals surface area contributed by atoms with E-state index in [0.29, 0.717) is 0 Å². The van der Waals surface area contributed by atoms with Crippen LogP contribution in [-0.4, -0.2) is 10.7 Å². The SMILES string of the molecule is S.S.[2H]C([2H])([2H])[C@](C)(O)C1CCCC1. The molecule has 1 N–H and O–H groups in total. The Balaban J connectivity index is 0. The summed E-state index contributed by atoms with van der Waals surface area (Å²) in [6, 6.07) is 0. The van der Waals surface area contributed by atoms with E-state index in [-0.39, 0.29) is 32.9 Å². The van der Waals surface area contributed by atoms with E-state index in [9.17, 15) is 5.11 Å². The van der Waals surface area contributed by atoms with Crippen LogP contribution in [0.4, 0.5) is 0 Å². The highest BCUT2D eigenvalue weighted by Crippen LogP contribution is 2.33. The van der Waals surface area contributed by atoms with E-state index in [1.54, 1.807) is 0 Å². The molecule has 0 bridgehead atoms. The number of hydrogen-bond acceptors (Lipinski definition) is 1. The number of hydrogen-bond donors (Lipinski definition) is 1. The molecular formula is C8H20OS2. The molecule has 3 heteroatoms. The fourth-order valence-corrected chi connectivity index (χ4v) is 1.49. The van der Waals surface area contributed by atoms with Gasteiger partial charge in [0.25, 0.3) is 0 Å². The molecule has 1 fully saturated rings. The Morgan fingerprint density at radius 1 is 1.36 bits per heavy atom. The molecule has 0 unspecified atom stereocenters. The van der Waals surface area contributed by atoms with Crippen molar-refractivity contribution in [3.8, 4) is 0 Å². The van der Waals surface area contributed by atoms with E-state index in [1.165, 1.54) is 6.92 Å². The highest BCUT2D eigenvalue weighted by atomic mass is 32.1. The molecule has 1 aliphatic rings. The second kappa shape index (κ2) is 5.33. The molecule has 1 aliphatic carbocycles. The lowest BCUT2D eigenvalue weighted by molar-refractivity contribution is 0.0201. The van der Waals surface area contributed by atoms with Gasteiger partial charge in [-0.1, -0.05) is 12.8 Å². The maximum Gasteiger partial charge on any atom is 0.0619 e. The standard InChI is InChI=1S/C8H16O.2H2S/c1-8(2,9)7-5-3-4-6-7;;/h7,9H,3-6H2,1-2H3;2*1H2/i1D3;;/t8-;;/m1../s1. The fourth-order valence-electron chi connectivity index (χ4n) is 1.49. The summed E-state index contributed by atoms with van der Waals surface area (Å²) in [6.07, 6.45) is 3.81. The Bertz CT molecular complexity index is 164. The second-order valence-electron chi connectivity index (χ2n) is 3.13. The van der Waals surface area contributed by atoms with E-state index in [0.717, 1.165) is 25.7 Å². The van der Waals surface area contributed by atoms with Gasteiger partial charge in [-0.3, -0.25) is 0 Å². The average Bonchev–Trinajstić information content (AvgIpc) is 2.34. The third kappa shape index (κ3) is 4.28. The van der Waals surface area contributed by atoms with Crippen LogP contribution in [0.15, 0.2) is 0 Å². The largest absolute Gasteiger partial charge is 0.390 e. The molecular weight excluding hydrogens is 176 g/mol. The molecule has 0 aromatic heterocycles. The zero-order valence-electron chi connectivity index (χ0n) is 9.85. The van der Waals surface area contributed by atoms with Gasteiger partial charge in [-0.15, -0.1) is 0 Å². The van der Waals surface area contributed by atoms with Crippen LogP contribution >= 0.6 is 27.0 Å². The van der Waals surface area contributed by atoms with Crippen molar-refractivity contribution in [3.05, 3.63) is 0 Å². The highest BCUT2D eigenvalue weighted by Gasteiger charge is 2.28. The molecule has 0 amide bonds. The predicted octanol–water partition coefficient (Wildman–Crippen LogP) is 2.17. The zero-order chi connectivity index (χ0) is 9.41. The van der Waals surface area contributed by atoms with Gasteiger partial charge in [-0.2, -0.15) is 27.0 Å². The predicted molar refractivity (Wildman–Crippen MR) is 59.0 cm³/mol. The van der Waals surface area contributed by atoms with Crippen molar-refractivity contribution in [2.75, 3.05) is 0 Å². The molecule has 11 heavy (non-hydrogen) atoms. The van der Waals surface area contributed by atoms with Crippen LogP contribution in [0.2, 0.25) is 0 Å². The topological polar surface area (TPSA) is 20.2 Å². The van der Waals surface area contributed by atoms with Gasteiger partial charge < -0.3 is 5.11 Å². The minimum absolute atomic E-state index is 0. The van der Waals surface area contributed by atoms with Gasteiger partial charge >= 0.3 is 0 Å². The first-order valence-electron chi connectivity index (χ1n) is 5.08. The molecule has 1 rings (SSSR count). The summed E-state index contributed by atoms with van der Waals surface area (Å²) in [7, 11) is 0. The van der Waals surface area contributed by atoms with Crippen molar-refractivity contribution in [1.29, 1.82) is 0 Å². The molecule has 1 atom stereocenters.